The molecule has 0 saturated heterocycles. The first kappa shape index (κ1) is 14.4. The van der Waals surface area contributed by atoms with Crippen LogP contribution >= 0.6 is 0 Å². The van der Waals surface area contributed by atoms with E-state index in [9.17, 15) is 4.79 Å². The molecule has 20 heavy (non-hydrogen) atoms. The Morgan fingerprint density at radius 3 is 2.55 bits per heavy atom. The van der Waals surface area contributed by atoms with Gasteiger partial charge in [0.25, 0.3) is 0 Å². The Balaban J connectivity index is 2.17. The van der Waals surface area contributed by atoms with E-state index in [0.717, 1.165) is 17.2 Å². The van der Waals surface area contributed by atoms with Gasteiger partial charge in [0, 0.05) is 0 Å². The average Bonchev–Trinajstić information content (AvgIpc) is 2.47. The van der Waals surface area contributed by atoms with Crippen LogP contribution in [0.15, 0.2) is 42.5 Å². The molecule has 2 aromatic rings. The second kappa shape index (κ2) is 6.94. The molecule has 0 radical (unpaired) electrons. The molecule has 0 saturated carbocycles. The molecule has 3 heteroatoms. The number of esters is 1. The van der Waals surface area contributed by atoms with E-state index < -0.39 is 6.10 Å². The van der Waals surface area contributed by atoms with Crippen LogP contribution in [0.1, 0.15) is 26.7 Å². The number of fused-ring (bicyclic) bond motifs is 1. The first-order valence-corrected chi connectivity index (χ1v) is 7.06. The van der Waals surface area contributed by atoms with Gasteiger partial charge in [-0.2, -0.15) is 0 Å². The standard InChI is InChI=1S/C17H20O3/c1-3-7-16(17(18)19-4-2)20-15-11-10-13-8-5-6-9-14(13)12-15/h5-6,8-12,16H,3-4,7H2,1-2H3. The number of carbonyl (C=O) groups excluding carboxylic acids is 1. The number of hydrogen-bond donors (Lipinski definition) is 0. The molecule has 2 rings (SSSR count). The van der Waals surface area contributed by atoms with Crippen LogP contribution in [0.4, 0.5) is 0 Å². The lowest BCUT2D eigenvalue weighted by Crippen LogP contribution is -2.29. The summed E-state index contributed by atoms with van der Waals surface area (Å²) in [6.07, 6.45) is 1.00. The van der Waals surface area contributed by atoms with E-state index in [1.54, 1.807) is 6.92 Å². The normalized spacial score (nSPS) is 12.1. The fourth-order valence-corrected chi connectivity index (χ4v) is 2.13. The highest BCUT2D eigenvalue weighted by Crippen LogP contribution is 2.22. The smallest absolute Gasteiger partial charge is 0.347 e. The predicted octanol–water partition coefficient (Wildman–Crippen LogP) is 3.95. The van der Waals surface area contributed by atoms with Crippen molar-refractivity contribution in [2.75, 3.05) is 6.61 Å². The quantitative estimate of drug-likeness (QED) is 0.747. The van der Waals surface area contributed by atoms with Gasteiger partial charge < -0.3 is 9.47 Å². The molecule has 0 aliphatic heterocycles. The van der Waals surface area contributed by atoms with E-state index in [4.69, 9.17) is 9.47 Å². The maximum atomic E-state index is 11.9. The summed E-state index contributed by atoms with van der Waals surface area (Å²) in [6.45, 7) is 4.20. The van der Waals surface area contributed by atoms with Gasteiger partial charge in [-0.25, -0.2) is 4.79 Å². The second-order valence-corrected chi connectivity index (χ2v) is 4.66. The minimum atomic E-state index is -0.527. The highest BCUT2D eigenvalue weighted by molar-refractivity contribution is 5.84. The van der Waals surface area contributed by atoms with Crippen LogP contribution in [-0.4, -0.2) is 18.7 Å². The van der Waals surface area contributed by atoms with E-state index in [0.29, 0.717) is 18.8 Å². The zero-order valence-electron chi connectivity index (χ0n) is 12.0. The molecule has 2 aromatic carbocycles. The highest BCUT2D eigenvalue weighted by Gasteiger charge is 2.20. The molecule has 0 aliphatic carbocycles. The topological polar surface area (TPSA) is 35.5 Å². The van der Waals surface area contributed by atoms with Gasteiger partial charge in [0.15, 0.2) is 6.10 Å². The number of rotatable bonds is 6. The fraction of sp³-hybridized carbons (Fsp3) is 0.353. The largest absolute Gasteiger partial charge is 0.479 e. The van der Waals surface area contributed by atoms with Crippen LogP contribution in [0.2, 0.25) is 0 Å². The molecule has 0 amide bonds. The zero-order valence-corrected chi connectivity index (χ0v) is 12.0. The fourth-order valence-electron chi connectivity index (χ4n) is 2.13. The lowest BCUT2D eigenvalue weighted by atomic mass is 10.1. The van der Waals surface area contributed by atoms with E-state index in [1.807, 2.05) is 49.4 Å². The lowest BCUT2D eigenvalue weighted by Gasteiger charge is -2.17. The summed E-state index contributed by atoms with van der Waals surface area (Å²) < 4.78 is 10.9. The second-order valence-electron chi connectivity index (χ2n) is 4.66. The summed E-state index contributed by atoms with van der Waals surface area (Å²) in [5, 5.41) is 2.26. The molecule has 0 heterocycles. The highest BCUT2D eigenvalue weighted by atomic mass is 16.6. The summed E-state index contributed by atoms with van der Waals surface area (Å²) in [5.74, 6) is 0.415. The molecule has 0 aliphatic rings. The molecule has 0 fully saturated rings. The minimum absolute atomic E-state index is 0.289. The first-order chi connectivity index (χ1) is 9.74. The van der Waals surface area contributed by atoms with Crippen LogP contribution in [0.25, 0.3) is 10.8 Å². The van der Waals surface area contributed by atoms with Gasteiger partial charge in [-0.1, -0.05) is 43.7 Å². The van der Waals surface area contributed by atoms with E-state index in [1.165, 1.54) is 0 Å². The van der Waals surface area contributed by atoms with Crippen molar-refractivity contribution in [1.82, 2.24) is 0 Å². The van der Waals surface area contributed by atoms with Gasteiger partial charge in [-0.05, 0) is 36.2 Å². The number of hydrogen-bond acceptors (Lipinski definition) is 3. The van der Waals surface area contributed by atoms with Crippen LogP contribution in [0.5, 0.6) is 5.75 Å². The van der Waals surface area contributed by atoms with Crippen molar-refractivity contribution in [1.29, 1.82) is 0 Å². The summed E-state index contributed by atoms with van der Waals surface area (Å²) in [7, 11) is 0. The number of benzene rings is 2. The predicted molar refractivity (Wildman–Crippen MR) is 79.9 cm³/mol. The van der Waals surface area contributed by atoms with Crippen molar-refractivity contribution in [2.24, 2.45) is 0 Å². The van der Waals surface area contributed by atoms with Crippen molar-refractivity contribution in [3.05, 3.63) is 42.5 Å². The molecule has 0 aromatic heterocycles. The molecule has 1 unspecified atom stereocenters. The van der Waals surface area contributed by atoms with Crippen LogP contribution in [0, 0.1) is 0 Å². The Kier molecular flexibility index (Phi) is 4.99. The number of ether oxygens (including phenoxy) is 2. The average molecular weight is 272 g/mol. The molecule has 106 valence electrons. The summed E-state index contributed by atoms with van der Waals surface area (Å²) in [5.41, 5.74) is 0. The van der Waals surface area contributed by atoms with Crippen molar-refractivity contribution in [2.45, 2.75) is 32.8 Å². The molecule has 0 N–H and O–H groups in total. The Morgan fingerprint density at radius 1 is 1.10 bits per heavy atom. The first-order valence-electron chi connectivity index (χ1n) is 7.06. The monoisotopic (exact) mass is 272 g/mol. The van der Waals surface area contributed by atoms with Gasteiger partial charge in [0.1, 0.15) is 5.75 Å². The molecule has 0 bridgehead atoms. The van der Waals surface area contributed by atoms with Gasteiger partial charge in [0.05, 0.1) is 6.61 Å². The van der Waals surface area contributed by atoms with Gasteiger partial charge in [-0.15, -0.1) is 0 Å². The van der Waals surface area contributed by atoms with Gasteiger partial charge in [-0.3, -0.25) is 0 Å². The number of carbonyl (C=O) groups is 1. The van der Waals surface area contributed by atoms with Crippen LogP contribution in [-0.2, 0) is 9.53 Å². The molecular weight excluding hydrogens is 252 g/mol. The Labute approximate surface area is 119 Å². The summed E-state index contributed by atoms with van der Waals surface area (Å²) >= 11 is 0. The van der Waals surface area contributed by atoms with Crippen molar-refractivity contribution in [3.8, 4) is 5.75 Å². The third-order valence-corrected chi connectivity index (χ3v) is 3.10. The minimum Gasteiger partial charge on any atom is -0.479 e. The zero-order chi connectivity index (χ0) is 14.4. The maximum Gasteiger partial charge on any atom is 0.347 e. The molecule has 0 spiro atoms. The SMILES string of the molecule is CCCC(Oc1ccc2ccccc2c1)C(=O)OCC. The summed E-state index contributed by atoms with van der Waals surface area (Å²) in [6, 6.07) is 13.9. The lowest BCUT2D eigenvalue weighted by molar-refractivity contribution is -0.151. The Hall–Kier alpha value is -2.03. The van der Waals surface area contributed by atoms with Crippen LogP contribution < -0.4 is 4.74 Å². The molecule has 3 nitrogen and oxygen atoms in total. The molecule has 1 atom stereocenters. The van der Waals surface area contributed by atoms with Gasteiger partial charge >= 0.3 is 5.97 Å². The van der Waals surface area contributed by atoms with Crippen LogP contribution in [0.3, 0.4) is 0 Å². The summed E-state index contributed by atoms with van der Waals surface area (Å²) in [4.78, 5) is 11.9. The Morgan fingerprint density at radius 2 is 1.85 bits per heavy atom. The maximum absolute atomic E-state index is 11.9. The van der Waals surface area contributed by atoms with E-state index in [2.05, 4.69) is 0 Å². The van der Waals surface area contributed by atoms with E-state index >= 15 is 0 Å². The van der Waals surface area contributed by atoms with Crippen molar-refractivity contribution < 1.29 is 14.3 Å². The molecular formula is C17H20O3. The van der Waals surface area contributed by atoms with Crippen molar-refractivity contribution >= 4 is 16.7 Å². The van der Waals surface area contributed by atoms with E-state index in [-0.39, 0.29) is 5.97 Å². The van der Waals surface area contributed by atoms with Gasteiger partial charge in [0.2, 0.25) is 0 Å². The third kappa shape index (κ3) is 3.50. The Bertz CT molecular complexity index is 577. The van der Waals surface area contributed by atoms with Crippen molar-refractivity contribution in [3.63, 3.8) is 0 Å². The third-order valence-electron chi connectivity index (χ3n) is 3.10.